The van der Waals surface area contributed by atoms with Crippen molar-refractivity contribution in [3.8, 4) is 11.5 Å². The van der Waals surface area contributed by atoms with Gasteiger partial charge in [-0.15, -0.1) is 11.3 Å². The molecule has 44 heavy (non-hydrogen) atoms. The third kappa shape index (κ3) is 7.09. The van der Waals surface area contributed by atoms with Crippen LogP contribution < -0.4 is 10.1 Å². The van der Waals surface area contributed by atoms with Crippen LogP contribution in [-0.4, -0.2) is 86.9 Å². The van der Waals surface area contributed by atoms with Crippen molar-refractivity contribution in [3.63, 3.8) is 0 Å². The Balaban J connectivity index is 1.23. The first-order valence-electron chi connectivity index (χ1n) is 14.8. The highest BCUT2D eigenvalue weighted by Crippen LogP contribution is 2.25. The molecule has 11 nitrogen and oxygen atoms in total. The number of carbonyl (C=O) groups is 3. The van der Waals surface area contributed by atoms with Crippen LogP contribution in [0, 0.1) is 0 Å². The predicted octanol–water partition coefficient (Wildman–Crippen LogP) is 3.26. The Morgan fingerprint density at radius 2 is 1.95 bits per heavy atom. The molecule has 0 radical (unpaired) electrons. The van der Waals surface area contributed by atoms with E-state index in [2.05, 4.69) is 10.3 Å². The van der Waals surface area contributed by atoms with Crippen LogP contribution in [0.2, 0.25) is 0 Å². The minimum Gasteiger partial charge on any atom is -0.457 e. The van der Waals surface area contributed by atoms with Gasteiger partial charge in [-0.1, -0.05) is 24.3 Å². The highest BCUT2D eigenvalue weighted by atomic mass is 32.1. The van der Waals surface area contributed by atoms with E-state index in [1.54, 1.807) is 11.1 Å². The first-order valence-corrected chi connectivity index (χ1v) is 15.7. The molecule has 1 fully saturated rings. The molecule has 7 rings (SSSR count). The molecule has 12 heteroatoms. The smallest absolute Gasteiger partial charge is 0.274 e. The Kier molecular flexibility index (Phi) is 9.20. The van der Waals surface area contributed by atoms with Crippen molar-refractivity contribution < 1.29 is 29.0 Å². The van der Waals surface area contributed by atoms with Crippen molar-refractivity contribution in [2.45, 2.75) is 44.4 Å². The fourth-order valence-corrected chi connectivity index (χ4v) is 6.30. The molecule has 0 spiro atoms. The van der Waals surface area contributed by atoms with Gasteiger partial charge < -0.3 is 29.7 Å². The van der Waals surface area contributed by atoms with E-state index in [1.807, 2.05) is 64.5 Å². The number of nitrogens with one attached hydrogen (secondary N) is 1. The van der Waals surface area contributed by atoms with Crippen molar-refractivity contribution in [1.29, 1.82) is 0 Å². The number of aliphatic hydroxyl groups is 1. The Bertz CT molecular complexity index is 1590. The van der Waals surface area contributed by atoms with Gasteiger partial charge in [-0.05, 0) is 54.7 Å². The third-order valence-electron chi connectivity index (χ3n) is 7.92. The number of piperidine rings is 1. The Labute approximate surface area is 259 Å². The topological polar surface area (TPSA) is 126 Å². The monoisotopic (exact) mass is 617 g/mol. The molecule has 3 aliphatic rings. The van der Waals surface area contributed by atoms with Gasteiger partial charge >= 0.3 is 0 Å². The molecular formula is C32H35N5O6S. The molecule has 2 aromatic carbocycles. The lowest BCUT2D eigenvalue weighted by atomic mass is 10.0. The first kappa shape index (κ1) is 29.8. The van der Waals surface area contributed by atoms with E-state index in [1.165, 1.54) is 16.2 Å². The standard InChI is InChI=1S/C32H35N5O6S/c38-15-2-12-35-20-29(39)33-26-18-36(31(41)27-19-37-14-16-44-32(37)34-27)13-11-28(26)42-21-23-3-1-4-25(17-23)43-24-8-5-22(6-9-24)7-10-30(35)40/h1,3-6,8-9,14,16-17,19,26,28,38H,2,7,10-13,15,18,20-21H2,(H,33,39)/t26-,28-/m0/s1. The number of amides is 3. The lowest BCUT2D eigenvalue weighted by molar-refractivity contribution is -0.137. The highest BCUT2D eigenvalue weighted by molar-refractivity contribution is 7.15. The number of aromatic nitrogens is 2. The van der Waals surface area contributed by atoms with Gasteiger partial charge in [-0.25, -0.2) is 4.98 Å². The summed E-state index contributed by atoms with van der Waals surface area (Å²) in [5.74, 6) is 0.641. The van der Waals surface area contributed by atoms with Crippen LogP contribution in [0.3, 0.4) is 0 Å². The first-order chi connectivity index (χ1) is 21.4. The zero-order chi connectivity index (χ0) is 30.5. The molecule has 1 saturated heterocycles. The minimum absolute atomic E-state index is 0.0883. The van der Waals surface area contributed by atoms with Crippen molar-refractivity contribution in [3.05, 3.63) is 83.1 Å². The molecular weight excluding hydrogens is 582 g/mol. The minimum atomic E-state index is -0.504. The van der Waals surface area contributed by atoms with Gasteiger partial charge in [0, 0.05) is 50.4 Å². The number of aliphatic hydroxyl groups excluding tert-OH is 1. The van der Waals surface area contributed by atoms with Gasteiger partial charge in [0.1, 0.15) is 17.2 Å². The number of fused-ring (bicyclic) bond motifs is 10. The average Bonchev–Trinajstić information content (AvgIpc) is 3.64. The molecule has 2 atom stereocenters. The quantitative estimate of drug-likeness (QED) is 0.360. The second-order valence-electron chi connectivity index (χ2n) is 11.1. The van der Waals surface area contributed by atoms with Crippen LogP contribution in [-0.2, 0) is 27.4 Å². The number of hydrogen-bond donors (Lipinski definition) is 2. The summed E-state index contributed by atoms with van der Waals surface area (Å²) in [6, 6.07) is 14.8. The van der Waals surface area contributed by atoms with E-state index in [-0.39, 0.29) is 56.5 Å². The summed E-state index contributed by atoms with van der Waals surface area (Å²) in [7, 11) is 0. The molecule has 2 N–H and O–H groups in total. The van der Waals surface area contributed by atoms with Crippen molar-refractivity contribution in [2.75, 3.05) is 32.8 Å². The number of nitrogens with zero attached hydrogens (tertiary/aromatic N) is 4. The van der Waals surface area contributed by atoms with Gasteiger partial charge in [0.25, 0.3) is 5.91 Å². The maximum atomic E-state index is 13.4. The number of aryl methyl sites for hydroxylation is 1. The van der Waals surface area contributed by atoms with E-state index < -0.39 is 6.04 Å². The van der Waals surface area contributed by atoms with Gasteiger partial charge in [0.15, 0.2) is 4.96 Å². The Morgan fingerprint density at radius 1 is 1.09 bits per heavy atom. The number of rotatable bonds is 4. The Hall–Kier alpha value is -4.26. The summed E-state index contributed by atoms with van der Waals surface area (Å²) in [4.78, 5) is 48.4. The second-order valence-corrected chi connectivity index (χ2v) is 11.9. The SMILES string of the molecule is O=C1CN(CCCO)C(=O)CCc2ccc(cc2)Oc2cccc(c2)CO[C@H]2CCN(C(=O)c3cn4ccsc4n3)C[C@@H]2N1. The van der Waals surface area contributed by atoms with E-state index in [4.69, 9.17) is 9.47 Å². The van der Waals surface area contributed by atoms with Crippen LogP contribution in [0.15, 0.2) is 66.3 Å². The molecule has 3 aliphatic heterocycles. The fraction of sp³-hybridized carbons (Fsp3) is 0.375. The van der Waals surface area contributed by atoms with E-state index >= 15 is 0 Å². The number of benzene rings is 2. The molecule has 230 valence electrons. The Morgan fingerprint density at radius 3 is 2.77 bits per heavy atom. The maximum Gasteiger partial charge on any atom is 0.274 e. The third-order valence-corrected chi connectivity index (χ3v) is 8.69. The molecule has 0 unspecified atom stereocenters. The summed E-state index contributed by atoms with van der Waals surface area (Å²) in [5.41, 5.74) is 2.24. The highest BCUT2D eigenvalue weighted by Gasteiger charge is 2.35. The van der Waals surface area contributed by atoms with Gasteiger partial charge in [-0.2, -0.15) is 0 Å². The van der Waals surface area contributed by atoms with E-state index in [0.717, 1.165) is 16.1 Å². The summed E-state index contributed by atoms with van der Waals surface area (Å²) < 4.78 is 14.3. The van der Waals surface area contributed by atoms with Crippen LogP contribution in [0.5, 0.6) is 11.5 Å². The van der Waals surface area contributed by atoms with Crippen LogP contribution >= 0.6 is 11.3 Å². The molecule has 0 saturated carbocycles. The lowest BCUT2D eigenvalue weighted by Gasteiger charge is -2.38. The summed E-state index contributed by atoms with van der Waals surface area (Å²) in [6.07, 6.45) is 4.81. The summed E-state index contributed by atoms with van der Waals surface area (Å²) >= 11 is 1.45. The number of hydrogen-bond acceptors (Lipinski definition) is 8. The average molecular weight is 618 g/mol. The largest absolute Gasteiger partial charge is 0.457 e. The zero-order valence-corrected chi connectivity index (χ0v) is 25.1. The molecule has 5 heterocycles. The van der Waals surface area contributed by atoms with E-state index in [0.29, 0.717) is 49.6 Å². The molecule has 2 aromatic heterocycles. The van der Waals surface area contributed by atoms with Crippen LogP contribution in [0.25, 0.3) is 4.96 Å². The second kappa shape index (κ2) is 13.6. The zero-order valence-electron chi connectivity index (χ0n) is 24.3. The number of carbonyl (C=O) groups excluding carboxylic acids is 3. The van der Waals surface area contributed by atoms with Crippen molar-refractivity contribution >= 4 is 34.0 Å². The lowest BCUT2D eigenvalue weighted by Crippen LogP contribution is -2.58. The normalized spacial score (nSPS) is 19.9. The number of ether oxygens (including phenoxy) is 2. The number of thiazole rings is 1. The molecule has 4 bridgehead atoms. The van der Waals surface area contributed by atoms with Crippen molar-refractivity contribution in [2.24, 2.45) is 0 Å². The van der Waals surface area contributed by atoms with Crippen LogP contribution in [0.4, 0.5) is 0 Å². The van der Waals surface area contributed by atoms with Gasteiger partial charge in [-0.3, -0.25) is 18.8 Å². The van der Waals surface area contributed by atoms with Gasteiger partial charge in [0.05, 0.1) is 25.3 Å². The van der Waals surface area contributed by atoms with E-state index in [9.17, 15) is 19.5 Å². The number of imidazole rings is 1. The molecule has 0 aliphatic carbocycles. The molecule has 4 aromatic rings. The maximum absolute atomic E-state index is 13.4. The summed E-state index contributed by atoms with van der Waals surface area (Å²) in [6.45, 7) is 0.998. The predicted molar refractivity (Wildman–Crippen MR) is 164 cm³/mol. The molecule has 3 amide bonds. The number of likely N-dealkylation sites (tertiary alicyclic amines) is 1. The summed E-state index contributed by atoms with van der Waals surface area (Å²) in [5, 5.41) is 14.4. The van der Waals surface area contributed by atoms with Gasteiger partial charge in [0.2, 0.25) is 11.8 Å². The van der Waals surface area contributed by atoms with Crippen LogP contribution in [0.1, 0.15) is 40.9 Å². The van der Waals surface area contributed by atoms with Crippen molar-refractivity contribution in [1.82, 2.24) is 24.5 Å². The fourth-order valence-electron chi connectivity index (χ4n) is 5.60.